The van der Waals surface area contributed by atoms with Gasteiger partial charge in [-0.05, 0) is 19.4 Å². The summed E-state index contributed by atoms with van der Waals surface area (Å²) in [6, 6.07) is 0. The van der Waals surface area contributed by atoms with Crippen molar-refractivity contribution in [1.29, 1.82) is 0 Å². The Hall–Kier alpha value is -2.37. The molecule has 0 aliphatic heterocycles. The summed E-state index contributed by atoms with van der Waals surface area (Å²) in [7, 11) is 0. The van der Waals surface area contributed by atoms with Crippen LogP contribution in [0.3, 0.4) is 0 Å². The average Bonchev–Trinajstić information content (AvgIpc) is 2.27. The van der Waals surface area contributed by atoms with Crippen LogP contribution in [0.5, 0.6) is 0 Å². The molecule has 2 N–H and O–H groups in total. The Morgan fingerprint density at radius 3 is 2.17 bits per heavy atom. The van der Waals surface area contributed by atoms with E-state index in [1.165, 1.54) is 19.9 Å². The Bertz CT molecular complexity index is 441. The Labute approximate surface area is 104 Å². The maximum Gasteiger partial charge on any atom is 0.338 e. The Kier molecular flexibility index (Phi) is 6.12. The minimum Gasteiger partial charge on any atom is -0.481 e. The molecule has 0 radical (unpaired) electrons. The summed E-state index contributed by atoms with van der Waals surface area (Å²) in [5.74, 6) is -3.38. The largest absolute Gasteiger partial charge is 0.481 e. The number of esters is 1. The number of hydrogen-bond donors (Lipinski definition) is 2. The molecule has 0 aliphatic carbocycles. The summed E-state index contributed by atoms with van der Waals surface area (Å²) < 4.78 is 4.49. The summed E-state index contributed by atoms with van der Waals surface area (Å²) in [4.78, 5) is 33.1. The molecule has 0 atom stereocenters. The Morgan fingerprint density at radius 1 is 1.28 bits per heavy atom. The molecule has 0 saturated carbocycles. The number of ether oxygens (including phenoxy) is 1. The molecule has 98 valence electrons. The summed E-state index contributed by atoms with van der Waals surface area (Å²) in [6.45, 7) is 5.93. The molecule has 0 bridgehead atoms. The van der Waals surface area contributed by atoms with Crippen LogP contribution in [-0.2, 0) is 19.1 Å². The molecule has 6 nitrogen and oxygen atoms in total. The predicted molar refractivity (Wildman–Crippen MR) is 62.6 cm³/mol. The zero-order valence-electron chi connectivity index (χ0n) is 10.1. The third-order valence-electron chi connectivity index (χ3n) is 2.12. The number of allylic oxidation sites excluding steroid dienone is 1. The summed E-state index contributed by atoms with van der Waals surface area (Å²) in [5, 5.41) is 17.7. The molecule has 0 heterocycles. The van der Waals surface area contributed by atoms with Crippen LogP contribution < -0.4 is 0 Å². The van der Waals surface area contributed by atoms with E-state index >= 15 is 0 Å². The summed E-state index contributed by atoms with van der Waals surface area (Å²) in [6.07, 6.45) is 1.54. The van der Waals surface area contributed by atoms with Crippen molar-refractivity contribution < 1.29 is 29.3 Å². The number of carboxylic acids is 2. The van der Waals surface area contributed by atoms with Gasteiger partial charge in [0.2, 0.25) is 0 Å². The molecule has 0 spiro atoms. The molecule has 0 rings (SSSR count). The molecule has 0 aliphatic rings. The van der Waals surface area contributed by atoms with Crippen LogP contribution in [0.15, 0.2) is 35.6 Å². The minimum atomic E-state index is -1.31. The van der Waals surface area contributed by atoms with E-state index in [-0.39, 0.29) is 16.7 Å². The van der Waals surface area contributed by atoms with Crippen LogP contribution in [0.1, 0.15) is 20.3 Å². The zero-order chi connectivity index (χ0) is 14.3. The van der Waals surface area contributed by atoms with Gasteiger partial charge in [0.25, 0.3) is 0 Å². The van der Waals surface area contributed by atoms with E-state index in [0.717, 1.165) is 6.26 Å². The van der Waals surface area contributed by atoms with Gasteiger partial charge in [0.15, 0.2) is 0 Å². The fourth-order valence-corrected chi connectivity index (χ4v) is 1.30. The van der Waals surface area contributed by atoms with Crippen LogP contribution >= 0.6 is 0 Å². The molecule has 0 fully saturated rings. The lowest BCUT2D eigenvalue weighted by Gasteiger charge is -2.09. The van der Waals surface area contributed by atoms with Crippen molar-refractivity contribution in [1.82, 2.24) is 0 Å². The zero-order valence-corrected chi connectivity index (χ0v) is 10.1. The molecular weight excluding hydrogens is 240 g/mol. The smallest absolute Gasteiger partial charge is 0.338 e. The van der Waals surface area contributed by atoms with Crippen LogP contribution in [0, 0.1) is 0 Å². The maximum absolute atomic E-state index is 11.4. The fourth-order valence-electron chi connectivity index (χ4n) is 1.30. The highest BCUT2D eigenvalue weighted by atomic mass is 16.5. The van der Waals surface area contributed by atoms with Crippen molar-refractivity contribution in [2.24, 2.45) is 0 Å². The van der Waals surface area contributed by atoms with Gasteiger partial charge in [0, 0.05) is 5.57 Å². The number of rotatable bonds is 6. The molecule has 6 heteroatoms. The van der Waals surface area contributed by atoms with E-state index in [1.54, 1.807) is 0 Å². The van der Waals surface area contributed by atoms with Crippen LogP contribution in [-0.4, -0.2) is 28.1 Å². The van der Waals surface area contributed by atoms with E-state index in [4.69, 9.17) is 10.2 Å². The highest BCUT2D eigenvalue weighted by Gasteiger charge is 2.21. The van der Waals surface area contributed by atoms with Crippen molar-refractivity contribution in [3.05, 3.63) is 35.6 Å². The normalized spacial score (nSPS) is 12.4. The number of carbonyl (C=O) groups excluding carboxylic acids is 1. The van der Waals surface area contributed by atoms with Gasteiger partial charge in [-0.25, -0.2) is 9.59 Å². The lowest BCUT2D eigenvalue weighted by Crippen LogP contribution is -2.13. The monoisotopic (exact) mass is 254 g/mol. The number of hydrogen-bond acceptors (Lipinski definition) is 4. The first-order valence-corrected chi connectivity index (χ1v) is 4.98. The van der Waals surface area contributed by atoms with Crippen molar-refractivity contribution in [2.45, 2.75) is 20.3 Å². The third-order valence-corrected chi connectivity index (χ3v) is 2.12. The molecule has 0 saturated heterocycles. The first-order chi connectivity index (χ1) is 8.34. The van der Waals surface area contributed by atoms with Crippen molar-refractivity contribution >= 4 is 17.9 Å². The molecule has 0 aromatic rings. The van der Waals surface area contributed by atoms with Gasteiger partial charge in [-0.1, -0.05) is 12.7 Å². The second kappa shape index (κ2) is 7.05. The summed E-state index contributed by atoms with van der Waals surface area (Å²) >= 11 is 0. The highest BCUT2D eigenvalue weighted by molar-refractivity contribution is 5.99. The topological polar surface area (TPSA) is 101 Å². The third kappa shape index (κ3) is 4.25. The molecule has 0 aromatic carbocycles. The first kappa shape index (κ1) is 15.6. The van der Waals surface area contributed by atoms with Gasteiger partial charge in [-0.2, -0.15) is 0 Å². The first-order valence-electron chi connectivity index (χ1n) is 4.98. The van der Waals surface area contributed by atoms with Gasteiger partial charge in [-0.3, -0.25) is 4.79 Å². The number of carboxylic acid groups (broad SMARTS) is 2. The van der Waals surface area contributed by atoms with Gasteiger partial charge in [0.1, 0.15) is 0 Å². The molecular formula is C12H14O6. The minimum absolute atomic E-state index is 0.0761. The number of aliphatic carboxylic acids is 2. The van der Waals surface area contributed by atoms with E-state index < -0.39 is 24.3 Å². The van der Waals surface area contributed by atoms with Gasteiger partial charge in [0.05, 0.1) is 18.3 Å². The maximum atomic E-state index is 11.4. The molecule has 0 unspecified atom stereocenters. The second-order valence-electron chi connectivity index (χ2n) is 3.25. The molecule has 18 heavy (non-hydrogen) atoms. The van der Waals surface area contributed by atoms with Gasteiger partial charge < -0.3 is 14.9 Å². The van der Waals surface area contributed by atoms with Crippen molar-refractivity contribution in [2.75, 3.05) is 0 Å². The predicted octanol–water partition coefficient (Wildman–Crippen LogP) is 1.50. The quantitative estimate of drug-likeness (QED) is 0.322. The summed E-state index contributed by atoms with van der Waals surface area (Å²) in [5.41, 5.74) is -0.409. The van der Waals surface area contributed by atoms with Gasteiger partial charge >= 0.3 is 17.9 Å². The van der Waals surface area contributed by atoms with Crippen LogP contribution in [0.25, 0.3) is 0 Å². The van der Waals surface area contributed by atoms with E-state index in [0.29, 0.717) is 0 Å². The van der Waals surface area contributed by atoms with E-state index in [9.17, 15) is 14.4 Å². The SMILES string of the molecule is C=COC(=O)C(C)=C(CC(=O)O)C(=CC)C(=O)O. The molecule has 0 amide bonds. The van der Waals surface area contributed by atoms with Gasteiger partial charge in [-0.15, -0.1) is 0 Å². The lowest BCUT2D eigenvalue weighted by atomic mass is 9.97. The highest BCUT2D eigenvalue weighted by Crippen LogP contribution is 2.20. The van der Waals surface area contributed by atoms with Crippen molar-refractivity contribution in [3.8, 4) is 0 Å². The van der Waals surface area contributed by atoms with Crippen LogP contribution in [0.2, 0.25) is 0 Å². The Balaban J connectivity index is 5.66. The van der Waals surface area contributed by atoms with E-state index in [2.05, 4.69) is 11.3 Å². The standard InChI is InChI=1S/C12H14O6/c1-4-8(11(15)16)9(6-10(13)14)7(3)12(17)18-5-2/h4-5H,2,6H2,1,3H3,(H,13,14)(H,15,16). The van der Waals surface area contributed by atoms with Crippen LogP contribution in [0.4, 0.5) is 0 Å². The fraction of sp³-hybridized carbons (Fsp3) is 0.250. The van der Waals surface area contributed by atoms with Crippen molar-refractivity contribution in [3.63, 3.8) is 0 Å². The Morgan fingerprint density at radius 2 is 1.83 bits per heavy atom. The lowest BCUT2D eigenvalue weighted by molar-refractivity contribution is -0.136. The molecule has 0 aromatic heterocycles. The van der Waals surface area contributed by atoms with E-state index in [1.807, 2.05) is 0 Å². The average molecular weight is 254 g/mol. The second-order valence-corrected chi connectivity index (χ2v) is 3.25. The number of carbonyl (C=O) groups is 3.